The highest BCUT2D eigenvalue weighted by Gasteiger charge is 2.40. The SMILES string of the molecule is Cc1ccccc1-n1ncc2c1N(CC(=O)NCc1ccccc1F)C(=O)N1CCCN=C21. The number of carbonyl (C=O) groups excluding carboxylic acids is 2. The van der Waals surface area contributed by atoms with E-state index in [1.807, 2.05) is 31.2 Å². The molecule has 3 aromatic rings. The van der Waals surface area contributed by atoms with Crippen LogP contribution in [0.1, 0.15) is 23.1 Å². The number of benzene rings is 2. The van der Waals surface area contributed by atoms with Crippen LogP contribution in [0.2, 0.25) is 0 Å². The monoisotopic (exact) mass is 446 g/mol. The molecule has 0 radical (unpaired) electrons. The van der Waals surface area contributed by atoms with Crippen molar-refractivity contribution < 1.29 is 14.0 Å². The van der Waals surface area contributed by atoms with Gasteiger partial charge in [-0.1, -0.05) is 36.4 Å². The second-order valence-electron chi connectivity index (χ2n) is 8.03. The first-order valence-corrected chi connectivity index (χ1v) is 10.8. The molecular formula is C24H23FN6O2. The molecule has 2 aliphatic heterocycles. The van der Waals surface area contributed by atoms with Crippen LogP contribution >= 0.6 is 0 Å². The number of amides is 3. The van der Waals surface area contributed by atoms with Gasteiger partial charge in [-0.25, -0.2) is 13.9 Å². The lowest BCUT2D eigenvalue weighted by atomic mass is 10.1. The van der Waals surface area contributed by atoms with Crippen LogP contribution in [0, 0.1) is 12.7 Å². The van der Waals surface area contributed by atoms with Crippen molar-refractivity contribution in [1.82, 2.24) is 20.0 Å². The Morgan fingerprint density at radius 3 is 2.76 bits per heavy atom. The molecule has 33 heavy (non-hydrogen) atoms. The molecular weight excluding hydrogens is 423 g/mol. The molecule has 0 atom stereocenters. The van der Waals surface area contributed by atoms with Crippen molar-refractivity contribution in [2.45, 2.75) is 19.9 Å². The largest absolute Gasteiger partial charge is 0.350 e. The third kappa shape index (κ3) is 3.75. The number of rotatable bonds is 5. The molecule has 3 heterocycles. The molecule has 0 saturated carbocycles. The molecule has 1 aromatic heterocycles. The third-order valence-electron chi connectivity index (χ3n) is 5.84. The quantitative estimate of drug-likeness (QED) is 0.654. The van der Waals surface area contributed by atoms with Crippen LogP contribution < -0.4 is 10.2 Å². The van der Waals surface area contributed by atoms with Crippen molar-refractivity contribution in [3.63, 3.8) is 0 Å². The van der Waals surface area contributed by atoms with Crippen molar-refractivity contribution >= 4 is 23.6 Å². The maximum Gasteiger partial charge on any atom is 0.331 e. The zero-order chi connectivity index (χ0) is 22.9. The Balaban J connectivity index is 1.49. The number of urea groups is 1. The van der Waals surface area contributed by atoms with Crippen LogP contribution in [0.4, 0.5) is 15.0 Å². The predicted octanol–water partition coefficient (Wildman–Crippen LogP) is 3.03. The summed E-state index contributed by atoms with van der Waals surface area (Å²) in [6.45, 7) is 2.94. The number of nitrogens with zero attached hydrogens (tertiary/aromatic N) is 5. The van der Waals surface area contributed by atoms with E-state index < -0.39 is 5.91 Å². The van der Waals surface area contributed by atoms with Crippen LogP contribution in [-0.4, -0.2) is 52.1 Å². The first-order valence-electron chi connectivity index (χ1n) is 10.8. The van der Waals surface area contributed by atoms with Gasteiger partial charge in [-0.3, -0.25) is 19.6 Å². The fourth-order valence-electron chi connectivity index (χ4n) is 4.17. The number of nitrogens with one attached hydrogen (secondary N) is 1. The van der Waals surface area contributed by atoms with Gasteiger partial charge in [-0.2, -0.15) is 5.10 Å². The average molecular weight is 446 g/mol. The van der Waals surface area contributed by atoms with Crippen LogP contribution in [0.3, 0.4) is 0 Å². The van der Waals surface area contributed by atoms with Crippen molar-refractivity contribution in [1.29, 1.82) is 0 Å². The number of carbonyl (C=O) groups is 2. The number of aliphatic imine (C=N–C) groups is 1. The highest BCUT2D eigenvalue weighted by atomic mass is 19.1. The summed E-state index contributed by atoms with van der Waals surface area (Å²) in [5.74, 6) is 0.310. The Hall–Kier alpha value is -4.01. The molecule has 0 aliphatic carbocycles. The molecule has 1 N–H and O–H groups in total. The number of hydrogen-bond donors (Lipinski definition) is 1. The van der Waals surface area contributed by atoms with E-state index in [1.165, 1.54) is 11.0 Å². The fraction of sp³-hybridized carbons (Fsp3) is 0.250. The van der Waals surface area contributed by atoms with Crippen LogP contribution in [0.25, 0.3) is 5.69 Å². The van der Waals surface area contributed by atoms with Gasteiger partial charge in [0.05, 0.1) is 17.4 Å². The van der Waals surface area contributed by atoms with Gasteiger partial charge >= 0.3 is 6.03 Å². The van der Waals surface area contributed by atoms with Gasteiger partial charge in [0, 0.05) is 25.2 Å². The smallest absolute Gasteiger partial charge is 0.331 e. The lowest BCUT2D eigenvalue weighted by Gasteiger charge is -2.37. The van der Waals surface area contributed by atoms with Gasteiger partial charge < -0.3 is 5.32 Å². The lowest BCUT2D eigenvalue weighted by Crippen LogP contribution is -2.55. The van der Waals surface area contributed by atoms with Crippen molar-refractivity contribution in [3.05, 3.63) is 77.2 Å². The summed E-state index contributed by atoms with van der Waals surface area (Å²) in [5.41, 5.74) is 2.88. The molecule has 0 spiro atoms. The second kappa shape index (κ2) is 8.50. The summed E-state index contributed by atoms with van der Waals surface area (Å²) in [6.07, 6.45) is 2.44. The molecule has 0 fully saturated rings. The molecule has 5 rings (SSSR count). The molecule has 2 aromatic carbocycles. The zero-order valence-electron chi connectivity index (χ0n) is 18.2. The fourth-order valence-corrected chi connectivity index (χ4v) is 4.17. The standard InChI is InChI=1S/C24H23FN6O2/c1-16-7-2-5-10-20(16)31-23-18(14-28-31)22-26-11-6-12-29(22)24(33)30(23)15-21(32)27-13-17-8-3-4-9-19(17)25/h2-5,7-10,14H,6,11-13,15H2,1H3,(H,27,32). The van der Waals surface area contributed by atoms with Crippen LogP contribution in [0.15, 0.2) is 59.7 Å². The van der Waals surface area contributed by atoms with E-state index in [0.717, 1.165) is 17.7 Å². The summed E-state index contributed by atoms with van der Waals surface area (Å²) in [5, 5.41) is 7.27. The number of para-hydroxylation sites is 1. The Labute approximate surface area is 190 Å². The number of anilines is 1. The molecule has 0 bridgehead atoms. The molecule has 3 amide bonds. The van der Waals surface area contributed by atoms with E-state index >= 15 is 0 Å². The summed E-state index contributed by atoms with van der Waals surface area (Å²) < 4.78 is 15.6. The minimum Gasteiger partial charge on any atom is -0.350 e. The third-order valence-corrected chi connectivity index (χ3v) is 5.84. The van der Waals surface area contributed by atoms with Gasteiger partial charge in [0.1, 0.15) is 18.2 Å². The molecule has 2 aliphatic rings. The summed E-state index contributed by atoms with van der Waals surface area (Å²) in [6, 6.07) is 13.7. The Morgan fingerprint density at radius 2 is 1.94 bits per heavy atom. The van der Waals surface area contributed by atoms with Gasteiger partial charge in [-0.05, 0) is 31.0 Å². The predicted molar refractivity (Wildman–Crippen MR) is 122 cm³/mol. The minimum atomic E-state index is -0.396. The zero-order valence-corrected chi connectivity index (χ0v) is 18.2. The number of halogens is 1. The number of amidine groups is 1. The lowest BCUT2D eigenvalue weighted by molar-refractivity contribution is -0.119. The van der Waals surface area contributed by atoms with Crippen molar-refractivity contribution in [2.24, 2.45) is 4.99 Å². The minimum absolute atomic E-state index is 0.0356. The number of fused-ring (bicyclic) bond motifs is 3. The van der Waals surface area contributed by atoms with E-state index in [9.17, 15) is 14.0 Å². The Kier molecular flexibility index (Phi) is 5.37. The maximum atomic E-state index is 13.9. The van der Waals surface area contributed by atoms with E-state index in [4.69, 9.17) is 0 Å². The van der Waals surface area contributed by atoms with E-state index in [0.29, 0.717) is 35.9 Å². The first kappa shape index (κ1) is 20.9. The van der Waals surface area contributed by atoms with Crippen molar-refractivity contribution in [2.75, 3.05) is 24.5 Å². The van der Waals surface area contributed by atoms with Gasteiger partial charge in [0.2, 0.25) is 5.91 Å². The van der Waals surface area contributed by atoms with Gasteiger partial charge in [0.15, 0.2) is 5.82 Å². The molecule has 9 heteroatoms. The summed E-state index contributed by atoms with van der Waals surface area (Å²) in [4.78, 5) is 33.9. The molecule has 0 saturated heterocycles. The van der Waals surface area contributed by atoms with E-state index in [2.05, 4.69) is 15.4 Å². The van der Waals surface area contributed by atoms with E-state index in [-0.39, 0.29) is 24.9 Å². The normalized spacial score (nSPS) is 15.1. The van der Waals surface area contributed by atoms with Gasteiger partial charge in [0.25, 0.3) is 0 Å². The topological polar surface area (TPSA) is 82.8 Å². The maximum absolute atomic E-state index is 13.9. The second-order valence-corrected chi connectivity index (χ2v) is 8.03. The first-order chi connectivity index (χ1) is 16.0. The Bertz CT molecular complexity index is 1270. The molecule has 168 valence electrons. The van der Waals surface area contributed by atoms with Crippen LogP contribution in [-0.2, 0) is 11.3 Å². The Morgan fingerprint density at radius 1 is 1.15 bits per heavy atom. The summed E-state index contributed by atoms with van der Waals surface area (Å²) in [7, 11) is 0. The molecule has 8 nitrogen and oxygen atoms in total. The number of aromatic nitrogens is 2. The number of hydrogen-bond acceptors (Lipinski definition) is 4. The van der Waals surface area contributed by atoms with Crippen LogP contribution in [0.5, 0.6) is 0 Å². The molecule has 0 unspecified atom stereocenters. The number of aryl methyl sites for hydroxylation is 1. The van der Waals surface area contributed by atoms with Crippen molar-refractivity contribution in [3.8, 4) is 5.69 Å². The van der Waals surface area contributed by atoms with Gasteiger partial charge in [-0.15, -0.1) is 0 Å². The van der Waals surface area contributed by atoms with E-state index in [1.54, 1.807) is 34.0 Å². The highest BCUT2D eigenvalue weighted by molar-refractivity contribution is 6.19. The highest BCUT2D eigenvalue weighted by Crippen LogP contribution is 2.33. The summed E-state index contributed by atoms with van der Waals surface area (Å²) >= 11 is 0. The average Bonchev–Trinajstić information content (AvgIpc) is 3.26.